The normalized spacial score (nSPS) is 13.2. The van der Waals surface area contributed by atoms with E-state index in [2.05, 4.69) is 11.4 Å². The van der Waals surface area contributed by atoms with Crippen LogP contribution in [0.15, 0.2) is 11.4 Å². The van der Waals surface area contributed by atoms with Gasteiger partial charge in [0.05, 0.1) is 6.10 Å². The van der Waals surface area contributed by atoms with Crippen molar-refractivity contribution in [3.63, 3.8) is 0 Å². The number of nitrogen functional groups attached to an aromatic ring is 1. The van der Waals surface area contributed by atoms with Crippen LogP contribution in [0.4, 0.5) is 5.00 Å². The van der Waals surface area contributed by atoms with Crippen molar-refractivity contribution in [2.45, 2.75) is 32.8 Å². The summed E-state index contributed by atoms with van der Waals surface area (Å²) in [5.41, 5.74) is 8.78. The zero-order valence-electron chi connectivity index (χ0n) is 10.9. The predicted octanol–water partition coefficient (Wildman–Crippen LogP) is 3.72. The smallest absolute Gasteiger partial charge is 0.342 e. The van der Waals surface area contributed by atoms with E-state index in [-0.39, 0.29) is 12.1 Å². The molecule has 0 radical (unpaired) electrons. The molecule has 0 bridgehead atoms. The van der Waals surface area contributed by atoms with Gasteiger partial charge in [0.2, 0.25) is 0 Å². The lowest BCUT2D eigenvalue weighted by Crippen LogP contribution is -2.14. The summed E-state index contributed by atoms with van der Waals surface area (Å²) in [5, 5.41) is 2.65. The molecular formula is C14H15NO2S2. The van der Waals surface area contributed by atoms with Gasteiger partial charge in [0, 0.05) is 15.3 Å². The molecule has 0 fully saturated rings. The van der Waals surface area contributed by atoms with Crippen molar-refractivity contribution in [1.82, 2.24) is 0 Å². The maximum absolute atomic E-state index is 12.2. The topological polar surface area (TPSA) is 52.3 Å². The average molecular weight is 293 g/mol. The number of aryl methyl sites for hydroxylation is 2. The summed E-state index contributed by atoms with van der Waals surface area (Å²) in [6, 6.07) is 2.08. The van der Waals surface area contributed by atoms with Gasteiger partial charge in [-0.1, -0.05) is 0 Å². The first kappa shape index (κ1) is 12.7. The first-order chi connectivity index (χ1) is 9.08. The molecule has 0 saturated carbocycles. The summed E-state index contributed by atoms with van der Waals surface area (Å²) in [6.07, 6.45) is 1.87. The van der Waals surface area contributed by atoms with Crippen LogP contribution in [-0.4, -0.2) is 12.1 Å². The minimum Gasteiger partial charge on any atom is -0.459 e. The molecule has 2 heterocycles. The number of ether oxygens (including phenoxy) is 1. The van der Waals surface area contributed by atoms with Crippen LogP contribution in [0.1, 0.15) is 34.0 Å². The number of carbonyl (C=O) groups excluding carboxylic acids is 1. The number of esters is 1. The molecule has 19 heavy (non-hydrogen) atoms. The molecule has 0 saturated heterocycles. The summed E-state index contributed by atoms with van der Waals surface area (Å²) in [6.45, 7) is 3.70. The zero-order valence-corrected chi connectivity index (χ0v) is 12.5. The highest BCUT2D eigenvalue weighted by Gasteiger charge is 2.29. The van der Waals surface area contributed by atoms with E-state index in [0.717, 1.165) is 24.0 Å². The van der Waals surface area contributed by atoms with Crippen molar-refractivity contribution in [2.75, 3.05) is 5.73 Å². The molecule has 0 aliphatic heterocycles. The Labute approximate surface area is 120 Å². The number of hydrogen-bond donors (Lipinski definition) is 1. The van der Waals surface area contributed by atoms with Crippen molar-refractivity contribution in [2.24, 2.45) is 0 Å². The number of rotatable bonds is 2. The van der Waals surface area contributed by atoms with Gasteiger partial charge in [0.15, 0.2) is 0 Å². The maximum atomic E-state index is 12.2. The van der Waals surface area contributed by atoms with Gasteiger partial charge in [0.1, 0.15) is 10.6 Å². The van der Waals surface area contributed by atoms with E-state index < -0.39 is 0 Å². The highest BCUT2D eigenvalue weighted by atomic mass is 32.1. The molecule has 1 aliphatic carbocycles. The summed E-state index contributed by atoms with van der Waals surface area (Å²) in [5.74, 6) is -0.302. The second kappa shape index (κ2) is 4.65. The molecule has 5 heteroatoms. The second-order valence-corrected chi connectivity index (χ2v) is 6.99. The molecule has 0 atom stereocenters. The van der Waals surface area contributed by atoms with Gasteiger partial charge < -0.3 is 10.5 Å². The highest BCUT2D eigenvalue weighted by Crippen LogP contribution is 2.45. The zero-order chi connectivity index (χ0) is 13.6. The molecular weight excluding hydrogens is 278 g/mol. The van der Waals surface area contributed by atoms with Crippen LogP contribution < -0.4 is 5.73 Å². The number of carbonyl (C=O) groups is 1. The third kappa shape index (κ3) is 2.07. The SMILES string of the molecule is CC(C)OC(=O)c1c(N)sc2c1-c1ccsc1CC2. The van der Waals surface area contributed by atoms with Crippen molar-refractivity contribution >= 4 is 33.6 Å². The maximum Gasteiger partial charge on any atom is 0.342 e. The van der Waals surface area contributed by atoms with E-state index in [0.29, 0.717) is 10.6 Å². The van der Waals surface area contributed by atoms with Crippen molar-refractivity contribution in [1.29, 1.82) is 0 Å². The van der Waals surface area contributed by atoms with Crippen LogP contribution in [-0.2, 0) is 17.6 Å². The van der Waals surface area contributed by atoms with Crippen molar-refractivity contribution < 1.29 is 9.53 Å². The van der Waals surface area contributed by atoms with Gasteiger partial charge in [-0.2, -0.15) is 0 Å². The van der Waals surface area contributed by atoms with E-state index in [1.807, 2.05) is 13.8 Å². The molecule has 100 valence electrons. The summed E-state index contributed by atoms with van der Waals surface area (Å²) in [7, 11) is 0. The Kier molecular flexibility index (Phi) is 3.11. The number of fused-ring (bicyclic) bond motifs is 3. The minimum absolute atomic E-state index is 0.131. The van der Waals surface area contributed by atoms with Crippen molar-refractivity contribution in [3.05, 3.63) is 26.8 Å². The number of anilines is 1. The average Bonchev–Trinajstić information content (AvgIpc) is 2.89. The lowest BCUT2D eigenvalue weighted by molar-refractivity contribution is 0.0380. The molecule has 0 unspecified atom stereocenters. The monoisotopic (exact) mass is 293 g/mol. The molecule has 3 rings (SSSR count). The fraction of sp³-hybridized carbons (Fsp3) is 0.357. The van der Waals surface area contributed by atoms with E-state index in [1.165, 1.54) is 21.1 Å². The Balaban J connectivity index is 2.13. The molecule has 2 aromatic heterocycles. The van der Waals surface area contributed by atoms with Gasteiger partial charge in [-0.05, 0) is 43.7 Å². The van der Waals surface area contributed by atoms with E-state index in [1.54, 1.807) is 11.3 Å². The standard InChI is InChI=1S/C14H15NO2S2/c1-7(2)17-14(16)12-11-8-5-6-18-9(8)3-4-10(11)19-13(12)15/h5-7H,3-4,15H2,1-2H3. The third-order valence-electron chi connectivity index (χ3n) is 3.15. The largest absolute Gasteiger partial charge is 0.459 e. The van der Waals surface area contributed by atoms with Crippen LogP contribution in [0.2, 0.25) is 0 Å². The van der Waals surface area contributed by atoms with E-state index >= 15 is 0 Å². The van der Waals surface area contributed by atoms with Crippen LogP contribution in [0.3, 0.4) is 0 Å². The van der Waals surface area contributed by atoms with Gasteiger partial charge in [-0.3, -0.25) is 0 Å². The van der Waals surface area contributed by atoms with E-state index in [4.69, 9.17) is 10.5 Å². The van der Waals surface area contributed by atoms with Crippen LogP contribution >= 0.6 is 22.7 Å². The molecule has 2 N–H and O–H groups in total. The van der Waals surface area contributed by atoms with Crippen molar-refractivity contribution in [3.8, 4) is 11.1 Å². The number of nitrogens with two attached hydrogens (primary N) is 1. The lowest BCUT2D eigenvalue weighted by Gasteiger charge is -2.14. The first-order valence-corrected chi connectivity index (χ1v) is 7.96. The number of thiophene rings is 2. The Hall–Kier alpha value is -1.33. The highest BCUT2D eigenvalue weighted by molar-refractivity contribution is 7.17. The summed E-state index contributed by atoms with van der Waals surface area (Å²) >= 11 is 3.27. The van der Waals surface area contributed by atoms with Gasteiger partial charge in [-0.25, -0.2) is 4.79 Å². The van der Waals surface area contributed by atoms with Crippen LogP contribution in [0.25, 0.3) is 11.1 Å². The van der Waals surface area contributed by atoms with Gasteiger partial charge >= 0.3 is 5.97 Å². The quantitative estimate of drug-likeness (QED) is 0.858. The van der Waals surface area contributed by atoms with E-state index in [9.17, 15) is 4.79 Å². The Morgan fingerprint density at radius 2 is 2.11 bits per heavy atom. The third-order valence-corrected chi connectivity index (χ3v) is 5.21. The molecule has 0 aromatic carbocycles. The fourth-order valence-electron chi connectivity index (χ4n) is 2.42. The fourth-order valence-corrected chi connectivity index (χ4v) is 4.37. The van der Waals surface area contributed by atoms with Crippen LogP contribution in [0, 0.1) is 0 Å². The Morgan fingerprint density at radius 3 is 2.84 bits per heavy atom. The molecule has 0 amide bonds. The van der Waals surface area contributed by atoms with Crippen LogP contribution in [0.5, 0.6) is 0 Å². The lowest BCUT2D eigenvalue weighted by atomic mass is 9.94. The second-order valence-electron chi connectivity index (χ2n) is 4.85. The summed E-state index contributed by atoms with van der Waals surface area (Å²) in [4.78, 5) is 14.8. The van der Waals surface area contributed by atoms with Gasteiger partial charge in [0.25, 0.3) is 0 Å². The molecule has 1 aliphatic rings. The Morgan fingerprint density at radius 1 is 1.37 bits per heavy atom. The molecule has 2 aromatic rings. The minimum atomic E-state index is -0.302. The Bertz CT molecular complexity index is 640. The molecule has 0 spiro atoms. The predicted molar refractivity (Wildman–Crippen MR) is 80.0 cm³/mol. The first-order valence-electron chi connectivity index (χ1n) is 6.26. The van der Waals surface area contributed by atoms with Gasteiger partial charge in [-0.15, -0.1) is 22.7 Å². The summed E-state index contributed by atoms with van der Waals surface area (Å²) < 4.78 is 5.32. The number of hydrogen-bond acceptors (Lipinski definition) is 5. The molecule has 3 nitrogen and oxygen atoms in total.